The normalized spacial score (nSPS) is 24.3. The van der Waals surface area contributed by atoms with Gasteiger partial charge in [0.15, 0.2) is 0 Å². The lowest BCUT2D eigenvalue weighted by Crippen LogP contribution is -2.10. The fourth-order valence-corrected chi connectivity index (χ4v) is 1.25. The van der Waals surface area contributed by atoms with Crippen molar-refractivity contribution in [3.8, 4) is 0 Å². The smallest absolute Gasteiger partial charge is 0.0701 e. The van der Waals surface area contributed by atoms with Crippen LogP contribution in [0.1, 0.15) is 18.0 Å². The van der Waals surface area contributed by atoms with E-state index in [1.165, 1.54) is 5.56 Å². The van der Waals surface area contributed by atoms with Gasteiger partial charge in [-0.15, -0.1) is 0 Å². The number of aromatic nitrogens is 2. The summed E-state index contributed by atoms with van der Waals surface area (Å²) in [6.07, 6.45) is 4.91. The molecular formula is C7H11N3O. The van der Waals surface area contributed by atoms with E-state index >= 15 is 0 Å². The van der Waals surface area contributed by atoms with Crippen LogP contribution in [0.3, 0.4) is 0 Å². The van der Waals surface area contributed by atoms with Gasteiger partial charge < -0.3 is 4.84 Å². The van der Waals surface area contributed by atoms with E-state index < -0.39 is 0 Å². The molecule has 0 aromatic carbocycles. The molecule has 1 N–H and O–H groups in total. The quantitative estimate of drug-likeness (QED) is 0.634. The molecule has 1 fully saturated rings. The van der Waals surface area contributed by atoms with Crippen LogP contribution in [-0.4, -0.2) is 16.4 Å². The Hall–Kier alpha value is -0.870. The van der Waals surface area contributed by atoms with Crippen molar-refractivity contribution >= 4 is 0 Å². The van der Waals surface area contributed by atoms with Gasteiger partial charge in [-0.3, -0.25) is 4.68 Å². The maximum atomic E-state index is 5.03. The maximum Gasteiger partial charge on any atom is 0.0701 e. The molecule has 2 rings (SSSR count). The van der Waals surface area contributed by atoms with Crippen LogP contribution in [0.2, 0.25) is 0 Å². The Kier molecular flexibility index (Phi) is 1.63. The molecule has 1 aliphatic rings. The first-order valence-electron chi connectivity index (χ1n) is 3.72. The first-order valence-corrected chi connectivity index (χ1v) is 3.72. The monoisotopic (exact) mass is 153 g/mol. The molecule has 1 aromatic rings. The van der Waals surface area contributed by atoms with Gasteiger partial charge in [0.1, 0.15) is 0 Å². The van der Waals surface area contributed by atoms with E-state index in [0.29, 0.717) is 6.04 Å². The molecule has 4 heteroatoms. The Labute approximate surface area is 65.1 Å². The van der Waals surface area contributed by atoms with Crippen LogP contribution in [0.25, 0.3) is 0 Å². The highest BCUT2D eigenvalue weighted by Gasteiger charge is 2.17. The average Bonchev–Trinajstić information content (AvgIpc) is 2.55. The van der Waals surface area contributed by atoms with Gasteiger partial charge in [0.05, 0.1) is 18.8 Å². The SMILES string of the molecule is Cn1cc([C@@H]2CCON2)cn1. The minimum absolute atomic E-state index is 0.337. The van der Waals surface area contributed by atoms with Crippen molar-refractivity contribution in [3.05, 3.63) is 18.0 Å². The van der Waals surface area contributed by atoms with Crippen LogP contribution in [-0.2, 0) is 11.9 Å². The topological polar surface area (TPSA) is 39.1 Å². The Balaban J connectivity index is 2.15. The second-order valence-electron chi connectivity index (χ2n) is 2.75. The third kappa shape index (κ3) is 1.27. The predicted molar refractivity (Wildman–Crippen MR) is 39.7 cm³/mol. The molecule has 0 aliphatic carbocycles. The van der Waals surface area contributed by atoms with Crippen LogP contribution < -0.4 is 5.48 Å². The lowest BCUT2D eigenvalue weighted by atomic mass is 10.1. The number of aryl methyl sites for hydroxylation is 1. The van der Waals surface area contributed by atoms with Gasteiger partial charge in [-0.2, -0.15) is 10.6 Å². The average molecular weight is 153 g/mol. The molecule has 11 heavy (non-hydrogen) atoms. The van der Waals surface area contributed by atoms with E-state index in [0.717, 1.165) is 13.0 Å². The van der Waals surface area contributed by atoms with Gasteiger partial charge in [-0.05, 0) is 6.42 Å². The van der Waals surface area contributed by atoms with Crippen LogP contribution in [0, 0.1) is 0 Å². The molecule has 0 unspecified atom stereocenters. The third-order valence-corrected chi connectivity index (χ3v) is 1.86. The Morgan fingerprint density at radius 2 is 2.73 bits per heavy atom. The van der Waals surface area contributed by atoms with Crippen molar-refractivity contribution in [3.63, 3.8) is 0 Å². The summed E-state index contributed by atoms with van der Waals surface area (Å²) in [4.78, 5) is 5.03. The highest BCUT2D eigenvalue weighted by Crippen LogP contribution is 2.19. The largest absolute Gasteiger partial charge is 0.301 e. The van der Waals surface area contributed by atoms with Crippen molar-refractivity contribution in [2.24, 2.45) is 7.05 Å². The summed E-state index contributed by atoms with van der Waals surface area (Å²) in [5.41, 5.74) is 4.13. The highest BCUT2D eigenvalue weighted by atomic mass is 16.7. The summed E-state index contributed by atoms with van der Waals surface area (Å²) in [6, 6.07) is 0.337. The molecule has 0 spiro atoms. The zero-order valence-electron chi connectivity index (χ0n) is 6.45. The molecule has 1 saturated heterocycles. The molecule has 1 aliphatic heterocycles. The minimum atomic E-state index is 0.337. The summed E-state index contributed by atoms with van der Waals surface area (Å²) in [5.74, 6) is 0. The molecule has 4 nitrogen and oxygen atoms in total. The number of rotatable bonds is 1. The number of hydrogen-bond donors (Lipinski definition) is 1. The Morgan fingerprint density at radius 3 is 3.27 bits per heavy atom. The van der Waals surface area contributed by atoms with Crippen LogP contribution in [0.5, 0.6) is 0 Å². The summed E-state index contributed by atoms with van der Waals surface area (Å²) >= 11 is 0. The predicted octanol–water partition coefficient (Wildman–Crippen LogP) is 0.386. The van der Waals surface area contributed by atoms with Crippen LogP contribution in [0.4, 0.5) is 0 Å². The molecule has 1 aromatic heterocycles. The zero-order valence-corrected chi connectivity index (χ0v) is 6.45. The van der Waals surface area contributed by atoms with E-state index in [9.17, 15) is 0 Å². The first kappa shape index (κ1) is 6.82. The van der Waals surface area contributed by atoms with E-state index in [1.807, 2.05) is 19.4 Å². The van der Waals surface area contributed by atoms with Crippen molar-refractivity contribution in [1.29, 1.82) is 0 Å². The van der Waals surface area contributed by atoms with E-state index in [2.05, 4.69) is 10.6 Å². The van der Waals surface area contributed by atoms with Gasteiger partial charge in [0, 0.05) is 18.8 Å². The minimum Gasteiger partial charge on any atom is -0.301 e. The summed E-state index contributed by atoms with van der Waals surface area (Å²) in [5, 5.41) is 4.08. The van der Waals surface area contributed by atoms with Crippen molar-refractivity contribution in [2.45, 2.75) is 12.5 Å². The number of nitrogens with one attached hydrogen (secondary N) is 1. The summed E-state index contributed by atoms with van der Waals surface area (Å²) < 4.78 is 1.80. The number of nitrogens with zero attached hydrogens (tertiary/aromatic N) is 2. The van der Waals surface area contributed by atoms with Gasteiger partial charge in [0.2, 0.25) is 0 Å². The van der Waals surface area contributed by atoms with E-state index in [-0.39, 0.29) is 0 Å². The standard InChI is InChI=1S/C7H11N3O/c1-10-5-6(4-8-10)7-2-3-11-9-7/h4-5,7,9H,2-3H2,1H3/t7-/m0/s1. The van der Waals surface area contributed by atoms with Gasteiger partial charge in [0.25, 0.3) is 0 Å². The Morgan fingerprint density at radius 1 is 1.82 bits per heavy atom. The fourth-order valence-electron chi connectivity index (χ4n) is 1.25. The van der Waals surface area contributed by atoms with Gasteiger partial charge in [-0.25, -0.2) is 0 Å². The molecule has 0 saturated carbocycles. The van der Waals surface area contributed by atoms with Crippen molar-refractivity contribution in [2.75, 3.05) is 6.61 Å². The molecule has 2 heterocycles. The van der Waals surface area contributed by atoms with Crippen LogP contribution >= 0.6 is 0 Å². The van der Waals surface area contributed by atoms with Crippen molar-refractivity contribution < 1.29 is 4.84 Å². The molecule has 1 atom stereocenters. The fraction of sp³-hybridized carbons (Fsp3) is 0.571. The maximum absolute atomic E-state index is 5.03. The summed E-state index contributed by atoms with van der Waals surface area (Å²) in [7, 11) is 1.92. The zero-order chi connectivity index (χ0) is 7.68. The lowest BCUT2D eigenvalue weighted by Gasteiger charge is -2.02. The van der Waals surface area contributed by atoms with Crippen molar-refractivity contribution in [1.82, 2.24) is 15.3 Å². The number of hydroxylamine groups is 1. The lowest BCUT2D eigenvalue weighted by molar-refractivity contribution is 0.0883. The van der Waals surface area contributed by atoms with Gasteiger partial charge in [-0.1, -0.05) is 0 Å². The van der Waals surface area contributed by atoms with E-state index in [4.69, 9.17) is 4.84 Å². The molecule has 0 amide bonds. The molecule has 60 valence electrons. The summed E-state index contributed by atoms with van der Waals surface area (Å²) in [6.45, 7) is 0.791. The Bertz CT molecular complexity index is 240. The van der Waals surface area contributed by atoms with E-state index in [1.54, 1.807) is 4.68 Å². The highest BCUT2D eigenvalue weighted by molar-refractivity contribution is 5.10. The van der Waals surface area contributed by atoms with Crippen LogP contribution in [0.15, 0.2) is 12.4 Å². The molecule has 0 bridgehead atoms. The molecule has 0 radical (unpaired) electrons. The third-order valence-electron chi connectivity index (χ3n) is 1.86. The second kappa shape index (κ2) is 2.64. The number of hydrogen-bond acceptors (Lipinski definition) is 3. The molecular weight excluding hydrogens is 142 g/mol. The van der Waals surface area contributed by atoms with Gasteiger partial charge >= 0.3 is 0 Å². The first-order chi connectivity index (χ1) is 5.36. The second-order valence-corrected chi connectivity index (χ2v) is 2.75.